The maximum absolute atomic E-state index is 11.9. The largest absolute Gasteiger partial charge is 0.505 e. The van der Waals surface area contributed by atoms with Gasteiger partial charge < -0.3 is 19.7 Å². The number of carboxylic acids is 1. The second-order valence-electron chi connectivity index (χ2n) is 4.00. The van der Waals surface area contributed by atoms with E-state index < -0.39 is 23.0 Å². The lowest BCUT2D eigenvalue weighted by atomic mass is 10.2. The van der Waals surface area contributed by atoms with Gasteiger partial charge in [-0.3, -0.25) is 4.79 Å². The van der Waals surface area contributed by atoms with Gasteiger partial charge in [0, 0.05) is 24.3 Å². The molecule has 0 atom stereocenters. The molecule has 110 valence electrons. The summed E-state index contributed by atoms with van der Waals surface area (Å²) < 4.78 is 11.0. The van der Waals surface area contributed by atoms with Crippen LogP contribution >= 0.6 is 0 Å². The third-order valence-electron chi connectivity index (χ3n) is 2.69. The van der Waals surface area contributed by atoms with E-state index in [4.69, 9.17) is 14.6 Å². The van der Waals surface area contributed by atoms with Crippen molar-refractivity contribution >= 4 is 5.97 Å². The Balaban J connectivity index is 2.69. The van der Waals surface area contributed by atoms with Crippen molar-refractivity contribution in [2.24, 2.45) is 0 Å². The summed E-state index contributed by atoms with van der Waals surface area (Å²) in [4.78, 5) is 22.9. The number of aromatic nitrogens is 2. The van der Waals surface area contributed by atoms with E-state index in [-0.39, 0.29) is 5.69 Å². The molecule has 0 aliphatic heterocycles. The van der Waals surface area contributed by atoms with Gasteiger partial charge in [-0.25, -0.2) is 4.79 Å². The van der Waals surface area contributed by atoms with Crippen molar-refractivity contribution in [3.63, 3.8) is 0 Å². The topological polar surface area (TPSA) is 111 Å². The first kappa shape index (κ1) is 14.4. The van der Waals surface area contributed by atoms with Crippen molar-refractivity contribution in [1.29, 1.82) is 0 Å². The van der Waals surface area contributed by atoms with Crippen LogP contribution < -0.4 is 15.0 Å². The molecule has 8 heteroatoms. The molecule has 0 saturated carbocycles. The van der Waals surface area contributed by atoms with E-state index in [0.717, 1.165) is 10.7 Å². The molecular formula is C13H12N2O6. The van der Waals surface area contributed by atoms with Crippen LogP contribution in [0.3, 0.4) is 0 Å². The number of rotatable bonds is 4. The molecule has 0 bridgehead atoms. The Morgan fingerprint density at radius 1 is 1.14 bits per heavy atom. The number of hydrogen-bond donors (Lipinski definition) is 2. The van der Waals surface area contributed by atoms with Crippen LogP contribution in [-0.2, 0) is 0 Å². The van der Waals surface area contributed by atoms with Gasteiger partial charge in [0.2, 0.25) is 5.69 Å². The molecule has 0 aliphatic carbocycles. The Kier molecular flexibility index (Phi) is 3.79. The summed E-state index contributed by atoms with van der Waals surface area (Å²) in [5.74, 6) is -1.33. The Morgan fingerprint density at radius 2 is 1.71 bits per heavy atom. The van der Waals surface area contributed by atoms with Crippen molar-refractivity contribution < 1.29 is 24.5 Å². The van der Waals surface area contributed by atoms with Gasteiger partial charge in [-0.15, -0.1) is 0 Å². The highest BCUT2D eigenvalue weighted by Gasteiger charge is 2.16. The minimum absolute atomic E-state index is 0.249. The van der Waals surface area contributed by atoms with E-state index >= 15 is 0 Å². The van der Waals surface area contributed by atoms with Crippen molar-refractivity contribution in [3.8, 4) is 22.9 Å². The average molecular weight is 292 g/mol. The lowest BCUT2D eigenvalue weighted by molar-refractivity contribution is 0.0684. The van der Waals surface area contributed by atoms with E-state index in [1.807, 2.05) is 0 Å². The second kappa shape index (κ2) is 5.53. The molecule has 21 heavy (non-hydrogen) atoms. The summed E-state index contributed by atoms with van der Waals surface area (Å²) in [6.07, 6.45) is 0. The van der Waals surface area contributed by atoms with Crippen LogP contribution in [0.2, 0.25) is 0 Å². The average Bonchev–Trinajstić information content (AvgIpc) is 2.46. The van der Waals surface area contributed by atoms with Gasteiger partial charge in [-0.2, -0.15) is 9.78 Å². The van der Waals surface area contributed by atoms with Gasteiger partial charge in [0.05, 0.1) is 19.9 Å². The quantitative estimate of drug-likeness (QED) is 0.851. The minimum atomic E-state index is -1.45. The molecule has 2 rings (SSSR count). The van der Waals surface area contributed by atoms with Crippen molar-refractivity contribution in [2.45, 2.75) is 0 Å². The molecule has 8 nitrogen and oxygen atoms in total. The number of nitrogens with zero attached hydrogens (tertiary/aromatic N) is 2. The lowest BCUT2D eigenvalue weighted by Gasteiger charge is -2.10. The van der Waals surface area contributed by atoms with Crippen molar-refractivity contribution in [1.82, 2.24) is 9.78 Å². The minimum Gasteiger partial charge on any atom is -0.505 e. The Labute approximate surface area is 118 Å². The monoisotopic (exact) mass is 292 g/mol. The first-order chi connectivity index (χ1) is 9.96. The molecule has 0 unspecified atom stereocenters. The van der Waals surface area contributed by atoms with E-state index in [0.29, 0.717) is 11.5 Å². The molecule has 0 saturated heterocycles. The molecule has 2 N–H and O–H groups in total. The smallest absolute Gasteiger partial charge is 0.360 e. The second-order valence-corrected chi connectivity index (χ2v) is 4.00. The maximum Gasteiger partial charge on any atom is 0.360 e. The van der Waals surface area contributed by atoms with E-state index in [2.05, 4.69) is 5.10 Å². The summed E-state index contributed by atoms with van der Waals surface area (Å²) in [5, 5.41) is 22.0. The molecule has 1 aromatic carbocycles. The zero-order chi connectivity index (χ0) is 15.6. The maximum atomic E-state index is 11.9. The van der Waals surface area contributed by atoms with E-state index in [1.165, 1.54) is 26.4 Å². The van der Waals surface area contributed by atoms with Gasteiger partial charge >= 0.3 is 5.97 Å². The number of aromatic hydroxyl groups is 1. The highest BCUT2D eigenvalue weighted by molar-refractivity contribution is 5.88. The molecule has 0 amide bonds. The number of benzene rings is 1. The SMILES string of the molecule is COc1cc(OC)cc(-n2nc(C(=O)O)c(O)cc2=O)c1. The summed E-state index contributed by atoms with van der Waals surface area (Å²) in [6, 6.07) is 5.34. The third-order valence-corrected chi connectivity index (χ3v) is 2.69. The van der Waals surface area contributed by atoms with Crippen LogP contribution in [0.4, 0.5) is 0 Å². The summed E-state index contributed by atoms with van der Waals surface area (Å²) >= 11 is 0. The van der Waals surface area contributed by atoms with E-state index in [1.54, 1.807) is 6.07 Å². The van der Waals surface area contributed by atoms with Crippen molar-refractivity contribution in [2.75, 3.05) is 14.2 Å². The van der Waals surface area contributed by atoms with Crippen LogP contribution in [-0.4, -0.2) is 40.2 Å². The summed E-state index contributed by atoms with van der Waals surface area (Å²) in [7, 11) is 2.88. The molecule has 0 radical (unpaired) electrons. The molecule has 1 aromatic heterocycles. The number of carboxylic acid groups (broad SMARTS) is 1. The lowest BCUT2D eigenvalue weighted by Crippen LogP contribution is -2.23. The Hall–Kier alpha value is -3.03. The van der Waals surface area contributed by atoms with Crippen molar-refractivity contribution in [3.05, 3.63) is 40.3 Å². The molecule has 0 spiro atoms. The van der Waals surface area contributed by atoms with Gasteiger partial charge in [0.25, 0.3) is 5.56 Å². The molecule has 2 aromatic rings. The number of carbonyl (C=O) groups is 1. The first-order valence-electron chi connectivity index (χ1n) is 5.76. The van der Waals surface area contributed by atoms with Gasteiger partial charge in [-0.05, 0) is 0 Å². The Bertz CT molecular complexity index is 731. The number of aromatic carboxylic acids is 1. The van der Waals surface area contributed by atoms with Crippen LogP contribution in [0.25, 0.3) is 5.69 Å². The fourth-order valence-electron chi connectivity index (χ4n) is 1.70. The van der Waals surface area contributed by atoms with Crippen LogP contribution in [0.15, 0.2) is 29.1 Å². The Morgan fingerprint density at radius 3 is 2.19 bits per heavy atom. The normalized spacial score (nSPS) is 10.2. The molecule has 0 fully saturated rings. The zero-order valence-electron chi connectivity index (χ0n) is 11.2. The standard InChI is InChI=1S/C13H12N2O6/c1-20-8-3-7(4-9(5-8)21-2)15-11(17)6-10(16)12(14-15)13(18)19/h3-6,16H,1-2H3,(H,18,19). The van der Waals surface area contributed by atoms with Crippen LogP contribution in [0, 0.1) is 0 Å². The van der Waals surface area contributed by atoms with Gasteiger partial charge in [-0.1, -0.05) is 0 Å². The number of ether oxygens (including phenoxy) is 2. The predicted octanol–water partition coefficient (Wildman–Crippen LogP) is 0.653. The summed E-state index contributed by atoms with van der Waals surface area (Å²) in [5.41, 5.74) is -1.07. The fraction of sp³-hybridized carbons (Fsp3) is 0.154. The van der Waals surface area contributed by atoms with Gasteiger partial charge in [0.1, 0.15) is 11.5 Å². The predicted molar refractivity (Wildman–Crippen MR) is 71.6 cm³/mol. The zero-order valence-corrected chi connectivity index (χ0v) is 11.2. The first-order valence-corrected chi connectivity index (χ1v) is 5.76. The third kappa shape index (κ3) is 2.78. The summed E-state index contributed by atoms with van der Waals surface area (Å²) in [6.45, 7) is 0. The fourth-order valence-corrected chi connectivity index (χ4v) is 1.70. The van der Waals surface area contributed by atoms with Gasteiger partial charge in [0.15, 0.2) is 5.75 Å². The number of methoxy groups -OCH3 is 2. The van der Waals surface area contributed by atoms with Crippen LogP contribution in [0.1, 0.15) is 10.5 Å². The molecular weight excluding hydrogens is 280 g/mol. The highest BCUT2D eigenvalue weighted by Crippen LogP contribution is 2.24. The van der Waals surface area contributed by atoms with E-state index in [9.17, 15) is 14.7 Å². The van der Waals surface area contributed by atoms with Crippen LogP contribution in [0.5, 0.6) is 17.2 Å². The molecule has 1 heterocycles. The molecule has 0 aliphatic rings. The highest BCUT2D eigenvalue weighted by atomic mass is 16.5. The number of hydrogen-bond acceptors (Lipinski definition) is 6.